The number of benzene rings is 1. The van der Waals surface area contributed by atoms with Gasteiger partial charge in [0, 0.05) is 36.4 Å². The van der Waals surface area contributed by atoms with Gasteiger partial charge in [-0.15, -0.1) is 0 Å². The fourth-order valence-corrected chi connectivity index (χ4v) is 3.83. The summed E-state index contributed by atoms with van der Waals surface area (Å²) in [5, 5.41) is 0.676. The van der Waals surface area contributed by atoms with Crippen LogP contribution in [-0.4, -0.2) is 41.1 Å². The first-order chi connectivity index (χ1) is 14.2. The maximum absolute atomic E-state index is 12.7. The molecule has 8 heteroatoms. The molecule has 7 nitrogen and oxygen atoms in total. The number of anilines is 1. The number of hydrogen-bond acceptors (Lipinski definition) is 7. The second-order valence-electron chi connectivity index (χ2n) is 6.36. The quantitative estimate of drug-likeness (QED) is 0.439. The van der Waals surface area contributed by atoms with E-state index in [1.807, 2.05) is 18.2 Å². The van der Waals surface area contributed by atoms with Crippen LogP contribution >= 0.6 is 11.8 Å². The molecule has 3 aromatic rings. The standard InChI is InChI=1S/C21H20N4O3S/c1-27-19-12-24-16(14-29-21-22-8-4-9-23-21)11-18(19)28-13-20(26)25-10-7-15-5-2-3-6-17(15)25/h2-6,8-9,11-12H,7,10,13-14H2,1H3. The van der Waals surface area contributed by atoms with Crippen molar-refractivity contribution in [1.29, 1.82) is 0 Å². The lowest BCUT2D eigenvalue weighted by Gasteiger charge is -2.18. The second-order valence-corrected chi connectivity index (χ2v) is 7.30. The summed E-state index contributed by atoms with van der Waals surface area (Å²) in [4.78, 5) is 27.2. The molecule has 3 heterocycles. The Hall–Kier alpha value is -3.13. The van der Waals surface area contributed by atoms with Gasteiger partial charge in [-0.05, 0) is 24.1 Å². The van der Waals surface area contributed by atoms with E-state index in [9.17, 15) is 4.79 Å². The smallest absolute Gasteiger partial charge is 0.264 e. The highest BCUT2D eigenvalue weighted by Gasteiger charge is 2.24. The zero-order valence-corrected chi connectivity index (χ0v) is 16.8. The van der Waals surface area contributed by atoms with Crippen LogP contribution in [0.3, 0.4) is 0 Å². The Bertz CT molecular complexity index is 1000. The van der Waals surface area contributed by atoms with E-state index in [2.05, 4.69) is 21.0 Å². The van der Waals surface area contributed by atoms with Crippen molar-refractivity contribution in [2.45, 2.75) is 17.3 Å². The third-order valence-electron chi connectivity index (χ3n) is 4.54. The molecule has 0 bridgehead atoms. The lowest BCUT2D eigenvalue weighted by atomic mass is 10.2. The molecule has 0 atom stereocenters. The van der Waals surface area contributed by atoms with Crippen LogP contribution in [0.1, 0.15) is 11.3 Å². The number of fused-ring (bicyclic) bond motifs is 1. The zero-order chi connectivity index (χ0) is 20.1. The molecule has 1 aromatic carbocycles. The number of rotatable bonds is 7. The molecule has 0 saturated carbocycles. The number of para-hydroxylation sites is 1. The number of ether oxygens (including phenoxy) is 2. The number of pyridine rings is 1. The maximum atomic E-state index is 12.7. The number of thioether (sulfide) groups is 1. The summed E-state index contributed by atoms with van der Waals surface area (Å²) in [6, 6.07) is 11.5. The Kier molecular flexibility index (Phi) is 5.90. The van der Waals surface area contributed by atoms with Crippen LogP contribution in [0.5, 0.6) is 11.5 Å². The molecule has 1 aliphatic heterocycles. The van der Waals surface area contributed by atoms with E-state index < -0.39 is 0 Å². The summed E-state index contributed by atoms with van der Waals surface area (Å²) in [5.74, 6) is 1.48. The molecule has 1 aliphatic rings. The molecule has 2 aromatic heterocycles. The van der Waals surface area contributed by atoms with Crippen molar-refractivity contribution < 1.29 is 14.3 Å². The third-order valence-corrected chi connectivity index (χ3v) is 5.45. The minimum Gasteiger partial charge on any atom is -0.491 e. The van der Waals surface area contributed by atoms with E-state index >= 15 is 0 Å². The normalized spacial score (nSPS) is 12.5. The van der Waals surface area contributed by atoms with E-state index in [4.69, 9.17) is 9.47 Å². The molecule has 4 rings (SSSR count). The van der Waals surface area contributed by atoms with Crippen molar-refractivity contribution in [2.24, 2.45) is 0 Å². The topological polar surface area (TPSA) is 77.4 Å². The van der Waals surface area contributed by atoms with Crippen molar-refractivity contribution in [3.8, 4) is 11.5 Å². The first-order valence-corrected chi connectivity index (χ1v) is 10.2. The summed E-state index contributed by atoms with van der Waals surface area (Å²) in [5.41, 5.74) is 2.93. The monoisotopic (exact) mass is 408 g/mol. The van der Waals surface area contributed by atoms with E-state index in [1.54, 1.807) is 42.7 Å². The van der Waals surface area contributed by atoms with Gasteiger partial charge in [0.2, 0.25) is 0 Å². The first-order valence-electron chi connectivity index (χ1n) is 9.18. The molecule has 0 unspecified atom stereocenters. The van der Waals surface area contributed by atoms with Gasteiger partial charge in [0.1, 0.15) is 0 Å². The van der Waals surface area contributed by atoms with Gasteiger partial charge < -0.3 is 14.4 Å². The lowest BCUT2D eigenvalue weighted by molar-refractivity contribution is -0.120. The zero-order valence-electron chi connectivity index (χ0n) is 15.9. The lowest BCUT2D eigenvalue weighted by Crippen LogP contribution is -2.33. The van der Waals surface area contributed by atoms with Gasteiger partial charge in [-0.1, -0.05) is 30.0 Å². The minimum atomic E-state index is -0.0811. The number of aromatic nitrogens is 3. The first kappa shape index (κ1) is 19.2. The highest BCUT2D eigenvalue weighted by Crippen LogP contribution is 2.30. The van der Waals surface area contributed by atoms with Crippen molar-refractivity contribution in [3.63, 3.8) is 0 Å². The molecule has 0 radical (unpaired) electrons. The van der Waals surface area contributed by atoms with Gasteiger partial charge in [0.25, 0.3) is 5.91 Å². The van der Waals surface area contributed by atoms with Gasteiger partial charge in [0.05, 0.1) is 19.0 Å². The summed E-state index contributed by atoms with van der Waals surface area (Å²) < 4.78 is 11.1. The Morgan fingerprint density at radius 3 is 2.79 bits per heavy atom. The Labute approximate surface area is 173 Å². The van der Waals surface area contributed by atoms with Crippen molar-refractivity contribution in [1.82, 2.24) is 15.0 Å². The third kappa shape index (κ3) is 4.48. The maximum Gasteiger partial charge on any atom is 0.264 e. The van der Waals surface area contributed by atoms with Crippen LogP contribution in [0.25, 0.3) is 0 Å². The van der Waals surface area contributed by atoms with Gasteiger partial charge in [-0.25, -0.2) is 9.97 Å². The predicted molar refractivity (Wildman–Crippen MR) is 110 cm³/mol. The van der Waals surface area contributed by atoms with Crippen LogP contribution in [0, 0.1) is 0 Å². The van der Waals surface area contributed by atoms with Crippen molar-refractivity contribution >= 4 is 23.4 Å². The SMILES string of the molecule is COc1cnc(CSc2ncccn2)cc1OCC(=O)N1CCc2ccccc21. The number of methoxy groups -OCH3 is 1. The van der Waals surface area contributed by atoms with E-state index in [-0.39, 0.29) is 12.5 Å². The van der Waals surface area contributed by atoms with Crippen LogP contribution in [0.2, 0.25) is 0 Å². The summed E-state index contributed by atoms with van der Waals surface area (Å²) >= 11 is 1.48. The highest BCUT2D eigenvalue weighted by atomic mass is 32.2. The van der Waals surface area contributed by atoms with Crippen molar-refractivity contribution in [3.05, 3.63) is 66.2 Å². The fraction of sp³-hybridized carbons (Fsp3) is 0.238. The molecular weight excluding hydrogens is 388 g/mol. The number of amides is 1. The molecule has 29 heavy (non-hydrogen) atoms. The largest absolute Gasteiger partial charge is 0.491 e. The summed E-state index contributed by atoms with van der Waals surface area (Å²) in [7, 11) is 1.55. The average molecular weight is 408 g/mol. The van der Waals surface area contributed by atoms with E-state index in [0.29, 0.717) is 29.0 Å². The molecule has 1 amide bonds. The van der Waals surface area contributed by atoms with Crippen LogP contribution in [-0.2, 0) is 17.0 Å². The minimum absolute atomic E-state index is 0.0664. The van der Waals surface area contributed by atoms with Gasteiger partial charge in [0.15, 0.2) is 23.3 Å². The van der Waals surface area contributed by atoms with E-state index in [1.165, 1.54) is 17.3 Å². The number of hydrogen-bond donors (Lipinski definition) is 0. The molecule has 148 valence electrons. The molecule has 0 fully saturated rings. The second kappa shape index (κ2) is 8.91. The number of nitrogens with zero attached hydrogens (tertiary/aromatic N) is 4. The molecule has 0 spiro atoms. The van der Waals surface area contributed by atoms with Gasteiger partial charge >= 0.3 is 0 Å². The fourth-order valence-electron chi connectivity index (χ4n) is 3.12. The molecular formula is C21H20N4O3S. The average Bonchev–Trinajstić information content (AvgIpc) is 3.21. The molecule has 0 aliphatic carbocycles. The Balaban J connectivity index is 1.41. The predicted octanol–water partition coefficient (Wildman–Crippen LogP) is 3.14. The van der Waals surface area contributed by atoms with Gasteiger partial charge in [-0.3, -0.25) is 9.78 Å². The summed E-state index contributed by atoms with van der Waals surface area (Å²) in [6.07, 6.45) is 5.87. The number of carbonyl (C=O) groups is 1. The molecule has 0 N–H and O–H groups in total. The number of carbonyl (C=O) groups excluding carboxylic acids is 1. The summed E-state index contributed by atoms with van der Waals surface area (Å²) in [6.45, 7) is 0.608. The Morgan fingerprint density at radius 2 is 1.97 bits per heavy atom. The van der Waals surface area contributed by atoms with Gasteiger partial charge in [-0.2, -0.15) is 0 Å². The Morgan fingerprint density at radius 1 is 1.14 bits per heavy atom. The highest BCUT2D eigenvalue weighted by molar-refractivity contribution is 7.98. The van der Waals surface area contributed by atoms with Crippen molar-refractivity contribution in [2.75, 3.05) is 25.2 Å². The van der Waals surface area contributed by atoms with Crippen LogP contribution in [0.4, 0.5) is 5.69 Å². The van der Waals surface area contributed by atoms with E-state index in [0.717, 1.165) is 17.8 Å². The molecule has 0 saturated heterocycles. The van der Waals surface area contributed by atoms with Crippen LogP contribution < -0.4 is 14.4 Å². The van der Waals surface area contributed by atoms with Crippen LogP contribution in [0.15, 0.2) is 60.1 Å².